The van der Waals surface area contributed by atoms with Crippen LogP contribution in [0.2, 0.25) is 0 Å². The molecule has 0 bridgehead atoms. The van der Waals surface area contributed by atoms with E-state index < -0.39 is 36.1 Å². The quantitative estimate of drug-likeness (QED) is 0.444. The zero-order valence-electron chi connectivity index (χ0n) is 16.5. The van der Waals surface area contributed by atoms with Crippen molar-refractivity contribution >= 4 is 29.1 Å². The summed E-state index contributed by atoms with van der Waals surface area (Å²) < 4.78 is 43.0. The van der Waals surface area contributed by atoms with Crippen molar-refractivity contribution in [3.05, 3.63) is 76.3 Å². The van der Waals surface area contributed by atoms with Crippen LogP contribution in [-0.4, -0.2) is 29.4 Å². The zero-order valence-corrected chi connectivity index (χ0v) is 17.3. The molecule has 1 heterocycles. The molecule has 11 heteroatoms. The summed E-state index contributed by atoms with van der Waals surface area (Å²) in [6, 6.07) is 12.6. The summed E-state index contributed by atoms with van der Waals surface area (Å²) in [5, 5.41) is 0.336. The Bertz CT molecular complexity index is 1130. The summed E-state index contributed by atoms with van der Waals surface area (Å²) in [5.74, 6) is -2.11. The zero-order chi connectivity index (χ0) is 23.3. The number of nitrogens with one attached hydrogen (secondary N) is 2. The average Bonchev–Trinajstić information content (AvgIpc) is 3.17. The van der Waals surface area contributed by atoms with Gasteiger partial charge in [-0.2, -0.15) is 13.2 Å². The minimum atomic E-state index is -4.45. The highest BCUT2D eigenvalue weighted by atomic mass is 32.1. The van der Waals surface area contributed by atoms with Gasteiger partial charge < -0.3 is 4.74 Å². The van der Waals surface area contributed by atoms with Crippen LogP contribution in [0.1, 0.15) is 31.3 Å². The summed E-state index contributed by atoms with van der Waals surface area (Å²) in [7, 11) is 0. The van der Waals surface area contributed by atoms with Crippen molar-refractivity contribution < 1.29 is 32.3 Å². The number of aromatic nitrogens is 1. The average molecular weight is 463 g/mol. The predicted octanol–water partition coefficient (Wildman–Crippen LogP) is 3.76. The molecule has 0 fully saturated rings. The van der Waals surface area contributed by atoms with Gasteiger partial charge in [-0.05, 0) is 31.2 Å². The number of hydrogen-bond acceptors (Lipinski definition) is 6. The van der Waals surface area contributed by atoms with Gasteiger partial charge in [-0.3, -0.25) is 20.4 Å². The third kappa shape index (κ3) is 5.70. The van der Waals surface area contributed by atoms with Crippen molar-refractivity contribution in [1.29, 1.82) is 0 Å². The van der Waals surface area contributed by atoms with E-state index in [1.807, 2.05) is 0 Å². The van der Waals surface area contributed by atoms with E-state index in [0.29, 0.717) is 21.8 Å². The largest absolute Gasteiger partial charge is 0.451 e. The molecule has 2 aromatic carbocycles. The second kappa shape index (κ2) is 9.60. The molecule has 0 saturated carbocycles. The summed E-state index contributed by atoms with van der Waals surface area (Å²) in [6.45, 7) is 0.891. The number of carbonyl (C=O) groups is 3. The first-order valence-electron chi connectivity index (χ1n) is 9.11. The lowest BCUT2D eigenvalue weighted by atomic mass is 10.1. The molecule has 2 amide bonds. The molecule has 166 valence electrons. The van der Waals surface area contributed by atoms with Crippen LogP contribution in [0, 0.1) is 6.92 Å². The highest BCUT2D eigenvalue weighted by Gasteiger charge is 2.30. The van der Waals surface area contributed by atoms with Crippen molar-refractivity contribution in [3.63, 3.8) is 0 Å². The summed E-state index contributed by atoms with van der Waals surface area (Å²) in [6.07, 6.45) is -4.45. The van der Waals surface area contributed by atoms with Gasteiger partial charge in [0.25, 0.3) is 11.8 Å². The molecule has 32 heavy (non-hydrogen) atoms. The number of alkyl halides is 3. The Balaban J connectivity index is 1.56. The topological polar surface area (TPSA) is 97.4 Å². The van der Waals surface area contributed by atoms with E-state index in [1.54, 1.807) is 37.3 Å². The first kappa shape index (κ1) is 22.9. The lowest BCUT2D eigenvalue weighted by Crippen LogP contribution is -2.43. The number of amides is 2. The van der Waals surface area contributed by atoms with Gasteiger partial charge in [-0.25, -0.2) is 9.78 Å². The van der Waals surface area contributed by atoms with Gasteiger partial charge in [0.2, 0.25) is 0 Å². The predicted molar refractivity (Wildman–Crippen MR) is 110 cm³/mol. The Morgan fingerprint density at radius 1 is 1.00 bits per heavy atom. The van der Waals surface area contributed by atoms with Crippen molar-refractivity contribution in [2.45, 2.75) is 13.1 Å². The Kier molecular flexibility index (Phi) is 6.89. The molecule has 0 radical (unpaired) electrons. The van der Waals surface area contributed by atoms with Gasteiger partial charge in [0.15, 0.2) is 6.61 Å². The number of hydrogen-bond donors (Lipinski definition) is 2. The van der Waals surface area contributed by atoms with Crippen molar-refractivity contribution in [3.8, 4) is 10.6 Å². The number of nitrogens with zero attached hydrogens (tertiary/aromatic N) is 1. The van der Waals surface area contributed by atoms with E-state index in [4.69, 9.17) is 4.74 Å². The molecule has 1 aromatic heterocycles. The Morgan fingerprint density at radius 2 is 1.66 bits per heavy atom. The number of thiazole rings is 1. The van der Waals surface area contributed by atoms with Crippen molar-refractivity contribution in [2.24, 2.45) is 0 Å². The van der Waals surface area contributed by atoms with Crippen LogP contribution < -0.4 is 10.9 Å². The van der Waals surface area contributed by atoms with Gasteiger partial charge in [-0.1, -0.05) is 30.3 Å². The maximum absolute atomic E-state index is 12.7. The lowest BCUT2D eigenvalue weighted by molar-refractivity contribution is -0.137. The van der Waals surface area contributed by atoms with Gasteiger partial charge in [0.05, 0.1) is 11.3 Å². The number of esters is 1. The van der Waals surface area contributed by atoms with E-state index in [2.05, 4.69) is 15.8 Å². The normalized spacial score (nSPS) is 11.0. The van der Waals surface area contributed by atoms with Crippen LogP contribution in [0.5, 0.6) is 0 Å². The van der Waals surface area contributed by atoms with Crippen LogP contribution in [0.3, 0.4) is 0 Å². The molecule has 3 rings (SSSR count). The molecule has 3 aromatic rings. The second-order valence-corrected chi connectivity index (χ2v) is 7.45. The monoisotopic (exact) mass is 463 g/mol. The van der Waals surface area contributed by atoms with E-state index in [1.165, 1.54) is 12.1 Å². The summed E-state index contributed by atoms with van der Waals surface area (Å²) in [5.41, 5.74) is 4.59. The molecular formula is C21H16F3N3O4S. The van der Waals surface area contributed by atoms with Gasteiger partial charge in [-0.15, -0.1) is 11.3 Å². The Morgan fingerprint density at radius 3 is 2.28 bits per heavy atom. The number of aryl methyl sites for hydroxylation is 1. The van der Waals surface area contributed by atoms with E-state index in [9.17, 15) is 27.6 Å². The SMILES string of the molecule is Cc1nc(-c2ccc(C(F)(F)F)cc2)sc1C(=O)OCC(=O)NNC(=O)c1ccccc1. The third-order valence-electron chi connectivity index (χ3n) is 4.13. The summed E-state index contributed by atoms with van der Waals surface area (Å²) >= 11 is 0.933. The highest BCUT2D eigenvalue weighted by Crippen LogP contribution is 2.33. The van der Waals surface area contributed by atoms with Crippen LogP contribution in [-0.2, 0) is 15.7 Å². The molecule has 0 aliphatic rings. The van der Waals surface area contributed by atoms with E-state index in [0.717, 1.165) is 23.5 Å². The smallest absolute Gasteiger partial charge is 0.416 e. The number of benzene rings is 2. The maximum Gasteiger partial charge on any atom is 0.416 e. The fraction of sp³-hybridized carbons (Fsp3) is 0.143. The molecule has 0 saturated heterocycles. The maximum atomic E-state index is 12.7. The van der Waals surface area contributed by atoms with Crippen LogP contribution >= 0.6 is 11.3 Å². The fourth-order valence-electron chi connectivity index (χ4n) is 2.53. The first-order chi connectivity index (χ1) is 15.1. The van der Waals surface area contributed by atoms with Crippen LogP contribution in [0.4, 0.5) is 13.2 Å². The number of halogens is 3. The van der Waals surface area contributed by atoms with Crippen molar-refractivity contribution in [2.75, 3.05) is 6.61 Å². The number of carbonyl (C=O) groups excluding carboxylic acids is 3. The van der Waals surface area contributed by atoms with Crippen LogP contribution in [0.25, 0.3) is 10.6 Å². The number of hydrazine groups is 1. The van der Waals surface area contributed by atoms with Gasteiger partial charge in [0, 0.05) is 11.1 Å². The number of ether oxygens (including phenoxy) is 1. The van der Waals surface area contributed by atoms with Gasteiger partial charge in [0.1, 0.15) is 9.88 Å². The fourth-order valence-corrected chi connectivity index (χ4v) is 3.50. The second-order valence-electron chi connectivity index (χ2n) is 6.45. The minimum Gasteiger partial charge on any atom is -0.451 e. The molecule has 0 aliphatic heterocycles. The first-order valence-corrected chi connectivity index (χ1v) is 9.93. The van der Waals surface area contributed by atoms with E-state index >= 15 is 0 Å². The minimum absolute atomic E-state index is 0.112. The molecule has 0 aliphatic carbocycles. The summed E-state index contributed by atoms with van der Waals surface area (Å²) in [4.78, 5) is 40.3. The molecule has 7 nitrogen and oxygen atoms in total. The van der Waals surface area contributed by atoms with Crippen molar-refractivity contribution in [1.82, 2.24) is 15.8 Å². The number of rotatable bonds is 5. The lowest BCUT2D eigenvalue weighted by Gasteiger charge is -2.07. The molecule has 0 spiro atoms. The molecule has 2 N–H and O–H groups in total. The molecule has 0 unspecified atom stereocenters. The molecule has 0 atom stereocenters. The molecular weight excluding hydrogens is 447 g/mol. The Hall–Kier alpha value is -3.73. The third-order valence-corrected chi connectivity index (χ3v) is 5.31. The Labute approximate surface area is 184 Å². The van der Waals surface area contributed by atoms with Gasteiger partial charge >= 0.3 is 12.1 Å². The van der Waals surface area contributed by atoms with E-state index in [-0.39, 0.29) is 4.88 Å². The van der Waals surface area contributed by atoms with Crippen LogP contribution in [0.15, 0.2) is 54.6 Å². The highest BCUT2D eigenvalue weighted by molar-refractivity contribution is 7.17. The standard InChI is InChI=1S/C21H16F3N3O4S/c1-12-17(32-19(25-12)14-7-9-15(10-8-14)21(22,23)24)20(30)31-11-16(28)26-27-18(29)13-5-3-2-4-6-13/h2-10H,11H2,1H3,(H,26,28)(H,27,29).